The van der Waals surface area contributed by atoms with Crippen molar-refractivity contribution in [3.63, 3.8) is 0 Å². The van der Waals surface area contributed by atoms with Gasteiger partial charge in [-0.15, -0.1) is 0 Å². The molecule has 0 saturated heterocycles. The fourth-order valence-electron chi connectivity index (χ4n) is 3.73. The Bertz CT molecular complexity index is 1220. The summed E-state index contributed by atoms with van der Waals surface area (Å²) in [6.45, 7) is 16.9. The van der Waals surface area contributed by atoms with Crippen LogP contribution in [-0.4, -0.2) is 31.4 Å². The van der Waals surface area contributed by atoms with E-state index in [0.29, 0.717) is 53.6 Å². The first kappa shape index (κ1) is 31.6. The van der Waals surface area contributed by atoms with Crippen LogP contribution in [0, 0.1) is 10.8 Å². The number of hydrogen-bond donors (Lipinski definition) is 0. The molecule has 0 aliphatic heterocycles. The Morgan fingerprint density at radius 2 is 1.26 bits per heavy atom. The summed E-state index contributed by atoms with van der Waals surface area (Å²) in [4.78, 5) is 38.3. The second-order valence-electron chi connectivity index (χ2n) is 11.2. The Hall–Kier alpha value is -3.61. The predicted octanol–water partition coefficient (Wildman–Crippen LogP) is 7.02. The van der Waals surface area contributed by atoms with Crippen molar-refractivity contribution < 1.29 is 33.3 Å². The molecule has 0 aliphatic carbocycles. The number of allylic oxidation sites excluding steroid dienone is 1. The van der Waals surface area contributed by atoms with Gasteiger partial charge < -0.3 is 18.9 Å². The van der Waals surface area contributed by atoms with E-state index in [0.717, 1.165) is 11.1 Å². The number of carbonyl (C=O) groups is 3. The lowest BCUT2D eigenvalue weighted by atomic mass is 9.94. The lowest BCUT2D eigenvalue weighted by Gasteiger charge is -2.25. The van der Waals surface area contributed by atoms with Gasteiger partial charge in [0.2, 0.25) is 0 Å². The largest absolute Gasteiger partial charge is 0.496 e. The molecule has 0 saturated carbocycles. The molecule has 7 heteroatoms. The van der Waals surface area contributed by atoms with Crippen LogP contribution in [0.4, 0.5) is 0 Å². The summed E-state index contributed by atoms with van der Waals surface area (Å²) < 4.78 is 23.2. The maximum absolute atomic E-state index is 13.1. The normalized spacial score (nSPS) is 11.8. The van der Waals surface area contributed by atoms with E-state index in [-0.39, 0.29) is 11.8 Å². The van der Waals surface area contributed by atoms with Crippen LogP contribution in [0.2, 0.25) is 0 Å². The molecule has 0 unspecified atom stereocenters. The van der Waals surface area contributed by atoms with E-state index in [1.807, 2.05) is 20.8 Å². The number of carbonyl (C=O) groups excluding carboxylic acids is 3. The topological polar surface area (TPSA) is 88.1 Å². The second-order valence-corrected chi connectivity index (χ2v) is 11.2. The number of benzene rings is 2. The third-order valence-corrected chi connectivity index (χ3v) is 5.96. The minimum Gasteiger partial charge on any atom is -0.496 e. The number of methoxy groups -OCH3 is 1. The summed E-state index contributed by atoms with van der Waals surface area (Å²) >= 11 is 0. The van der Waals surface area contributed by atoms with Gasteiger partial charge in [0.15, 0.2) is 5.78 Å². The highest BCUT2D eigenvalue weighted by Crippen LogP contribution is 2.46. The van der Waals surface area contributed by atoms with Crippen LogP contribution in [0.5, 0.6) is 23.0 Å². The van der Waals surface area contributed by atoms with Gasteiger partial charge in [-0.3, -0.25) is 14.4 Å². The molecule has 0 N–H and O–H groups in total. The van der Waals surface area contributed by atoms with Crippen LogP contribution < -0.4 is 18.9 Å². The molecule has 0 bridgehead atoms. The van der Waals surface area contributed by atoms with Gasteiger partial charge >= 0.3 is 11.9 Å². The lowest BCUT2D eigenvalue weighted by molar-refractivity contribution is -0.143. The molecule has 7 nitrogen and oxygen atoms in total. The second kappa shape index (κ2) is 13.0. The highest BCUT2D eigenvalue weighted by Gasteiger charge is 2.30. The fraction of sp³-hybridized carbons (Fsp3) is 0.469. The molecular formula is C32H42O7. The van der Waals surface area contributed by atoms with Crippen molar-refractivity contribution in [1.29, 1.82) is 0 Å². The van der Waals surface area contributed by atoms with E-state index >= 15 is 0 Å². The zero-order valence-electron chi connectivity index (χ0n) is 24.9. The predicted molar refractivity (Wildman–Crippen MR) is 153 cm³/mol. The smallest absolute Gasteiger partial charge is 0.316 e. The molecule has 0 atom stereocenters. The first-order valence-electron chi connectivity index (χ1n) is 13.3. The highest BCUT2D eigenvalue weighted by molar-refractivity contribution is 6.07. The van der Waals surface area contributed by atoms with Crippen molar-refractivity contribution >= 4 is 23.8 Å². The van der Waals surface area contributed by atoms with E-state index in [1.165, 1.54) is 6.08 Å². The summed E-state index contributed by atoms with van der Waals surface area (Å²) in [6.07, 6.45) is 4.21. The standard InChI is InChI=1S/C32H42O7/c1-11-22-26(36-10)23(12-2)28(39-30(35)32(7,8)9)24(27(22)37-13-3)18-19-25(33)20-14-16-21(17-15-20)38-29(34)31(4,5)6/h14-19H,11-13H2,1-10H3. The number of hydrogen-bond acceptors (Lipinski definition) is 7. The Kier molecular flexibility index (Phi) is 10.5. The maximum Gasteiger partial charge on any atom is 0.316 e. The first-order chi connectivity index (χ1) is 18.2. The monoisotopic (exact) mass is 538 g/mol. The molecule has 39 heavy (non-hydrogen) atoms. The van der Waals surface area contributed by atoms with E-state index in [9.17, 15) is 14.4 Å². The molecule has 0 fully saturated rings. The molecule has 0 spiro atoms. The van der Waals surface area contributed by atoms with Gasteiger partial charge in [-0.2, -0.15) is 0 Å². The fourth-order valence-corrected chi connectivity index (χ4v) is 3.73. The summed E-state index contributed by atoms with van der Waals surface area (Å²) in [6, 6.07) is 6.38. The first-order valence-corrected chi connectivity index (χ1v) is 13.3. The molecule has 0 heterocycles. The molecule has 2 aromatic rings. The Balaban J connectivity index is 2.59. The molecular weight excluding hydrogens is 496 g/mol. The molecule has 0 aliphatic rings. The Morgan fingerprint density at radius 1 is 0.744 bits per heavy atom. The van der Waals surface area contributed by atoms with E-state index in [4.69, 9.17) is 18.9 Å². The number of rotatable bonds is 10. The molecule has 0 radical (unpaired) electrons. The van der Waals surface area contributed by atoms with E-state index in [1.54, 1.807) is 79.0 Å². The van der Waals surface area contributed by atoms with Gasteiger partial charge in [0.05, 0.1) is 30.1 Å². The summed E-state index contributed by atoms with van der Waals surface area (Å²) in [5.74, 6) is 0.770. The SMILES string of the molecule is CCOc1c(C=CC(=O)c2ccc(OC(=O)C(C)(C)C)cc2)c(OC(=O)C(C)(C)C)c(CC)c(OC)c1CC. The lowest BCUT2D eigenvalue weighted by Crippen LogP contribution is -2.26. The van der Waals surface area contributed by atoms with Crippen LogP contribution in [0.25, 0.3) is 6.08 Å². The summed E-state index contributed by atoms with van der Waals surface area (Å²) in [5, 5.41) is 0. The maximum atomic E-state index is 13.1. The van der Waals surface area contributed by atoms with Gasteiger partial charge in [0.1, 0.15) is 23.0 Å². The Labute approximate surface area is 232 Å². The van der Waals surface area contributed by atoms with Gasteiger partial charge in [-0.25, -0.2) is 0 Å². The average molecular weight is 539 g/mol. The zero-order chi connectivity index (χ0) is 29.5. The van der Waals surface area contributed by atoms with E-state index in [2.05, 4.69) is 0 Å². The molecule has 0 amide bonds. The molecule has 0 aromatic heterocycles. The van der Waals surface area contributed by atoms with Crippen molar-refractivity contribution in [2.75, 3.05) is 13.7 Å². The summed E-state index contributed by atoms with van der Waals surface area (Å²) in [5.41, 5.74) is 1.09. The van der Waals surface area contributed by atoms with Crippen molar-refractivity contribution in [3.05, 3.63) is 52.6 Å². The average Bonchev–Trinajstić information content (AvgIpc) is 2.87. The van der Waals surface area contributed by atoms with Crippen LogP contribution in [0.15, 0.2) is 30.3 Å². The third-order valence-electron chi connectivity index (χ3n) is 5.96. The minimum atomic E-state index is -0.748. The van der Waals surface area contributed by atoms with E-state index < -0.39 is 16.8 Å². The number of ether oxygens (including phenoxy) is 4. The molecule has 2 aromatic carbocycles. The van der Waals surface area contributed by atoms with Crippen molar-refractivity contribution in [3.8, 4) is 23.0 Å². The van der Waals surface area contributed by atoms with Gasteiger partial charge in [-0.05, 0) is 97.7 Å². The molecule has 212 valence electrons. The van der Waals surface area contributed by atoms with Crippen LogP contribution >= 0.6 is 0 Å². The molecule has 2 rings (SSSR count). The number of ketones is 1. The van der Waals surface area contributed by atoms with Gasteiger partial charge in [0.25, 0.3) is 0 Å². The van der Waals surface area contributed by atoms with Crippen molar-refractivity contribution in [1.82, 2.24) is 0 Å². The van der Waals surface area contributed by atoms with Crippen molar-refractivity contribution in [2.24, 2.45) is 10.8 Å². The Morgan fingerprint density at radius 3 is 1.72 bits per heavy atom. The number of esters is 2. The van der Waals surface area contributed by atoms with Crippen LogP contribution in [-0.2, 0) is 22.4 Å². The van der Waals surface area contributed by atoms with Gasteiger partial charge in [0, 0.05) is 16.7 Å². The highest BCUT2D eigenvalue weighted by atomic mass is 16.5. The van der Waals surface area contributed by atoms with Crippen molar-refractivity contribution in [2.45, 2.75) is 75.2 Å². The quantitative estimate of drug-likeness (QED) is 0.139. The van der Waals surface area contributed by atoms with Crippen LogP contribution in [0.1, 0.15) is 89.4 Å². The minimum absolute atomic E-state index is 0.272. The third kappa shape index (κ3) is 7.71. The van der Waals surface area contributed by atoms with Gasteiger partial charge in [-0.1, -0.05) is 13.8 Å². The van der Waals surface area contributed by atoms with Crippen LogP contribution in [0.3, 0.4) is 0 Å². The summed E-state index contributed by atoms with van der Waals surface area (Å²) in [7, 11) is 1.58. The zero-order valence-corrected chi connectivity index (χ0v) is 24.9.